The number of hydrogen-bond donors (Lipinski definition) is 0. The number of sulfone groups is 1. The van der Waals surface area contributed by atoms with Crippen LogP contribution in [0.4, 0.5) is 22.0 Å². The predicted octanol–water partition coefficient (Wildman–Crippen LogP) is 5.54. The third-order valence-corrected chi connectivity index (χ3v) is 9.56. The summed E-state index contributed by atoms with van der Waals surface area (Å²) >= 11 is 11.4. The van der Waals surface area contributed by atoms with Crippen molar-refractivity contribution in [3.63, 3.8) is 0 Å². The average molecular weight is 599 g/mol. The number of rotatable bonds is 5. The molecule has 14 heteroatoms. The fraction of sp³-hybridized carbons (Fsp3) is 0.417. The summed E-state index contributed by atoms with van der Waals surface area (Å²) in [7, 11) is -3.74. The van der Waals surface area contributed by atoms with Crippen LogP contribution in [0.25, 0.3) is 0 Å². The minimum absolute atomic E-state index is 0.0985. The van der Waals surface area contributed by atoms with Crippen LogP contribution in [-0.2, 0) is 30.7 Å². The highest BCUT2D eigenvalue weighted by Gasteiger charge is 2.62. The lowest BCUT2D eigenvalue weighted by Gasteiger charge is -2.47. The summed E-state index contributed by atoms with van der Waals surface area (Å²) in [5.41, 5.74) is -5.19. The van der Waals surface area contributed by atoms with E-state index in [9.17, 15) is 30.8 Å². The van der Waals surface area contributed by atoms with Crippen LogP contribution in [0.15, 0.2) is 41.6 Å². The molecular formula is C24H21Cl2F5N2O4S. The highest BCUT2D eigenvalue weighted by atomic mass is 35.5. The molecule has 2 heterocycles. The molecule has 4 rings (SSSR count). The van der Waals surface area contributed by atoms with Gasteiger partial charge in [-0.3, -0.25) is 4.79 Å². The van der Waals surface area contributed by atoms with E-state index in [-0.39, 0.29) is 29.9 Å². The van der Waals surface area contributed by atoms with Gasteiger partial charge in [0.05, 0.1) is 28.8 Å². The van der Waals surface area contributed by atoms with Crippen molar-refractivity contribution in [3.8, 4) is 0 Å². The summed E-state index contributed by atoms with van der Waals surface area (Å²) in [4.78, 5) is 18.6. The van der Waals surface area contributed by atoms with E-state index in [1.54, 1.807) is 0 Å². The first-order valence-electron chi connectivity index (χ1n) is 11.1. The lowest BCUT2D eigenvalue weighted by molar-refractivity contribution is -0.275. The Morgan fingerprint density at radius 1 is 1.05 bits per heavy atom. The SMILES string of the molecule is CC(C)(C(=O)N1CC(F)(c2ccc(C3=NOC(c4cc(Cl)c(F)c(Cl)c4)(C(F)(F)F)C3)cc2)C1)S(C)(=O)=O. The topological polar surface area (TPSA) is 76.0 Å². The molecule has 1 atom stereocenters. The molecule has 1 unspecified atom stereocenters. The molecular weight excluding hydrogens is 578 g/mol. The first-order chi connectivity index (χ1) is 17.3. The second-order valence-electron chi connectivity index (χ2n) is 9.87. The molecule has 0 saturated carbocycles. The standard InChI is InChI=1S/C24H21Cl2F5N2O4S/c1-21(2,38(3,35)36)20(34)33-11-22(28,12-33)14-6-4-13(5-7-14)18-10-23(37-32-18,24(29,30)31)15-8-16(25)19(27)17(26)9-15/h4-9H,10-12H2,1-3H3. The third kappa shape index (κ3) is 4.54. The number of nitrogens with zero attached hydrogens (tertiary/aromatic N) is 2. The number of benzene rings is 2. The highest BCUT2D eigenvalue weighted by molar-refractivity contribution is 7.92. The van der Waals surface area contributed by atoms with Crippen molar-refractivity contribution < 1.29 is 40.0 Å². The second-order valence-corrected chi connectivity index (χ2v) is 13.3. The fourth-order valence-corrected chi connectivity index (χ4v) is 5.17. The quantitative estimate of drug-likeness (QED) is 0.334. The van der Waals surface area contributed by atoms with Crippen LogP contribution in [-0.4, -0.2) is 55.2 Å². The molecule has 2 aliphatic rings. The molecule has 2 aromatic rings. The zero-order chi connectivity index (χ0) is 28.5. The Morgan fingerprint density at radius 2 is 1.58 bits per heavy atom. The number of carbonyl (C=O) groups is 1. The van der Waals surface area contributed by atoms with Gasteiger partial charge in [-0.05, 0) is 37.1 Å². The van der Waals surface area contributed by atoms with Gasteiger partial charge in [-0.1, -0.05) is 52.6 Å². The molecule has 0 N–H and O–H groups in total. The van der Waals surface area contributed by atoms with E-state index in [1.165, 1.54) is 38.1 Å². The largest absolute Gasteiger partial charge is 0.435 e. The van der Waals surface area contributed by atoms with Crippen molar-refractivity contribution in [1.82, 2.24) is 4.90 Å². The molecule has 38 heavy (non-hydrogen) atoms. The van der Waals surface area contributed by atoms with Gasteiger partial charge < -0.3 is 9.74 Å². The number of alkyl halides is 4. The highest BCUT2D eigenvalue weighted by Crippen LogP contribution is 2.50. The van der Waals surface area contributed by atoms with Crippen LogP contribution < -0.4 is 0 Å². The minimum Gasteiger partial charge on any atom is -0.374 e. The van der Waals surface area contributed by atoms with Gasteiger partial charge in [0.15, 0.2) is 21.3 Å². The van der Waals surface area contributed by atoms with Crippen molar-refractivity contribution >= 4 is 44.7 Å². The second kappa shape index (κ2) is 9.06. The summed E-state index contributed by atoms with van der Waals surface area (Å²) < 4.78 is 93.9. The lowest BCUT2D eigenvalue weighted by Crippen LogP contribution is -2.63. The first kappa shape index (κ1) is 28.6. The van der Waals surface area contributed by atoms with Gasteiger partial charge in [0, 0.05) is 18.2 Å². The third-order valence-electron chi connectivity index (χ3n) is 6.98. The van der Waals surface area contributed by atoms with Gasteiger partial charge in [-0.25, -0.2) is 17.2 Å². The number of carbonyl (C=O) groups excluding carboxylic acids is 1. The Morgan fingerprint density at radius 3 is 2.05 bits per heavy atom. The normalized spacial score (nSPS) is 21.5. The predicted molar refractivity (Wildman–Crippen MR) is 131 cm³/mol. The molecule has 6 nitrogen and oxygen atoms in total. The molecule has 0 spiro atoms. The van der Waals surface area contributed by atoms with E-state index in [1.807, 2.05) is 0 Å². The summed E-state index contributed by atoms with van der Waals surface area (Å²) in [5.74, 6) is -1.80. The summed E-state index contributed by atoms with van der Waals surface area (Å²) in [6, 6.07) is 6.97. The first-order valence-corrected chi connectivity index (χ1v) is 13.7. The number of oxime groups is 1. The van der Waals surface area contributed by atoms with Gasteiger partial charge in [0.1, 0.15) is 4.75 Å². The zero-order valence-corrected chi connectivity index (χ0v) is 22.5. The summed E-state index contributed by atoms with van der Waals surface area (Å²) in [6.45, 7) is 1.74. The molecule has 0 aliphatic carbocycles. The Hall–Kier alpha value is -2.44. The smallest absolute Gasteiger partial charge is 0.374 e. The van der Waals surface area contributed by atoms with E-state index in [0.717, 1.165) is 23.3 Å². The average Bonchev–Trinajstić information content (AvgIpc) is 3.26. The van der Waals surface area contributed by atoms with Gasteiger partial charge in [0.2, 0.25) is 5.91 Å². The molecule has 0 radical (unpaired) electrons. The van der Waals surface area contributed by atoms with Crippen molar-refractivity contribution in [2.45, 2.75) is 42.5 Å². The molecule has 1 fully saturated rings. The molecule has 206 valence electrons. The molecule has 1 saturated heterocycles. The number of likely N-dealkylation sites (tertiary alicyclic amines) is 1. The molecule has 2 aromatic carbocycles. The summed E-state index contributed by atoms with van der Waals surface area (Å²) in [6.07, 6.45) is -4.83. The van der Waals surface area contributed by atoms with Crippen LogP contribution in [0.5, 0.6) is 0 Å². The van der Waals surface area contributed by atoms with Crippen LogP contribution in [0.1, 0.15) is 37.0 Å². The van der Waals surface area contributed by atoms with Gasteiger partial charge >= 0.3 is 6.18 Å². The van der Waals surface area contributed by atoms with Gasteiger partial charge in [0.25, 0.3) is 5.60 Å². The molecule has 0 bridgehead atoms. The van der Waals surface area contributed by atoms with Crippen molar-refractivity contribution in [2.24, 2.45) is 5.16 Å². The number of amides is 1. The maximum Gasteiger partial charge on any atom is 0.435 e. The molecule has 2 aliphatic heterocycles. The number of hydrogen-bond acceptors (Lipinski definition) is 5. The van der Waals surface area contributed by atoms with E-state index in [4.69, 9.17) is 28.0 Å². The van der Waals surface area contributed by atoms with E-state index in [2.05, 4.69) is 5.16 Å². The minimum atomic E-state index is -4.98. The monoisotopic (exact) mass is 598 g/mol. The Kier molecular flexibility index (Phi) is 6.81. The lowest BCUT2D eigenvalue weighted by atomic mass is 9.84. The van der Waals surface area contributed by atoms with E-state index >= 15 is 4.39 Å². The van der Waals surface area contributed by atoms with Gasteiger partial charge in [-0.2, -0.15) is 13.2 Å². The van der Waals surface area contributed by atoms with Crippen LogP contribution in [0.2, 0.25) is 10.0 Å². The number of halogens is 7. The Bertz CT molecular complexity index is 1420. The Labute approximate surface area is 225 Å². The van der Waals surface area contributed by atoms with E-state index < -0.39 is 65.8 Å². The van der Waals surface area contributed by atoms with Crippen molar-refractivity contribution in [3.05, 3.63) is 69.0 Å². The maximum atomic E-state index is 15.4. The van der Waals surface area contributed by atoms with E-state index in [0.29, 0.717) is 0 Å². The van der Waals surface area contributed by atoms with Crippen molar-refractivity contribution in [1.29, 1.82) is 0 Å². The zero-order valence-electron chi connectivity index (χ0n) is 20.2. The van der Waals surface area contributed by atoms with Gasteiger partial charge in [-0.15, -0.1) is 0 Å². The van der Waals surface area contributed by atoms with Crippen LogP contribution in [0.3, 0.4) is 0 Å². The Balaban J connectivity index is 1.53. The van der Waals surface area contributed by atoms with Crippen LogP contribution >= 0.6 is 23.2 Å². The van der Waals surface area contributed by atoms with Crippen LogP contribution in [0, 0.1) is 5.82 Å². The molecule has 1 amide bonds. The van der Waals surface area contributed by atoms with Crippen molar-refractivity contribution in [2.75, 3.05) is 19.3 Å². The maximum absolute atomic E-state index is 15.4. The fourth-order valence-electron chi connectivity index (χ4n) is 4.23. The molecule has 0 aromatic heterocycles. The summed E-state index contributed by atoms with van der Waals surface area (Å²) in [5, 5.41) is 2.38.